The minimum atomic E-state index is -4.12. The quantitative estimate of drug-likeness (QED) is 0.465. The standard InChI is InChI=1S/C23H35F3N4O/c1-2-27-22(29-20-5-3-4-19(14-20)23(24,25)26)28-15-17-6-8-18(9-7-17)16-30-12-10-21(31)11-13-30/h6-9,19-21,31H,2-5,10-16H2,1H3,(H2,27,28,29). The Hall–Kier alpha value is -1.80. The van der Waals surface area contributed by atoms with Gasteiger partial charge in [-0.15, -0.1) is 0 Å². The summed E-state index contributed by atoms with van der Waals surface area (Å²) in [6.07, 6.45) is -0.974. The molecule has 31 heavy (non-hydrogen) atoms. The number of rotatable bonds is 6. The molecule has 1 aliphatic carbocycles. The van der Waals surface area contributed by atoms with E-state index in [-0.39, 0.29) is 25.0 Å². The van der Waals surface area contributed by atoms with Crippen LogP contribution >= 0.6 is 0 Å². The summed E-state index contributed by atoms with van der Waals surface area (Å²) in [5.41, 5.74) is 2.29. The number of hydrogen-bond donors (Lipinski definition) is 3. The molecule has 5 nitrogen and oxygen atoms in total. The number of benzene rings is 1. The highest BCUT2D eigenvalue weighted by atomic mass is 19.4. The van der Waals surface area contributed by atoms with Crippen molar-refractivity contribution in [3.05, 3.63) is 35.4 Å². The van der Waals surface area contributed by atoms with E-state index in [9.17, 15) is 18.3 Å². The molecule has 0 amide bonds. The minimum Gasteiger partial charge on any atom is -0.393 e. The van der Waals surface area contributed by atoms with Crippen molar-refractivity contribution in [1.82, 2.24) is 15.5 Å². The van der Waals surface area contributed by atoms with E-state index in [1.54, 1.807) is 0 Å². The minimum absolute atomic E-state index is 0.107. The van der Waals surface area contributed by atoms with Crippen LogP contribution in [0.5, 0.6) is 0 Å². The van der Waals surface area contributed by atoms with Crippen LogP contribution < -0.4 is 10.6 Å². The average Bonchev–Trinajstić information content (AvgIpc) is 2.74. The predicted octanol–water partition coefficient (Wildman–Crippen LogP) is 3.82. The van der Waals surface area contributed by atoms with E-state index in [2.05, 4.69) is 44.8 Å². The monoisotopic (exact) mass is 440 g/mol. The van der Waals surface area contributed by atoms with Gasteiger partial charge in [0.1, 0.15) is 0 Å². The Kier molecular flexibility index (Phi) is 8.60. The molecule has 2 unspecified atom stereocenters. The maximum atomic E-state index is 13.1. The largest absolute Gasteiger partial charge is 0.393 e. The summed E-state index contributed by atoms with van der Waals surface area (Å²) in [6, 6.07) is 8.11. The van der Waals surface area contributed by atoms with Gasteiger partial charge in [-0.3, -0.25) is 4.90 Å². The highest BCUT2D eigenvalue weighted by Gasteiger charge is 2.42. The zero-order valence-corrected chi connectivity index (χ0v) is 18.3. The molecule has 0 aromatic heterocycles. The maximum Gasteiger partial charge on any atom is 0.391 e. The van der Waals surface area contributed by atoms with Crippen LogP contribution in [0, 0.1) is 5.92 Å². The van der Waals surface area contributed by atoms with E-state index in [4.69, 9.17) is 0 Å². The molecule has 8 heteroatoms. The van der Waals surface area contributed by atoms with Gasteiger partial charge in [0, 0.05) is 32.2 Å². The lowest BCUT2D eigenvalue weighted by Gasteiger charge is -2.32. The van der Waals surface area contributed by atoms with Gasteiger partial charge in [-0.1, -0.05) is 30.7 Å². The lowest BCUT2D eigenvalue weighted by molar-refractivity contribution is -0.183. The van der Waals surface area contributed by atoms with Gasteiger partial charge >= 0.3 is 6.18 Å². The number of aliphatic imine (C=N–C) groups is 1. The summed E-state index contributed by atoms with van der Waals surface area (Å²) >= 11 is 0. The molecule has 0 spiro atoms. The Morgan fingerprint density at radius 1 is 1.10 bits per heavy atom. The molecule has 0 radical (unpaired) electrons. The Morgan fingerprint density at radius 2 is 1.77 bits per heavy atom. The van der Waals surface area contributed by atoms with Gasteiger partial charge in [0.25, 0.3) is 0 Å². The summed E-state index contributed by atoms with van der Waals surface area (Å²) in [6.45, 7) is 5.79. The summed E-state index contributed by atoms with van der Waals surface area (Å²) in [7, 11) is 0. The number of aliphatic hydroxyl groups is 1. The van der Waals surface area contributed by atoms with Crippen LogP contribution in [0.4, 0.5) is 13.2 Å². The SMILES string of the molecule is CCNC(=NCc1ccc(CN2CCC(O)CC2)cc1)NC1CCCC(C(F)(F)F)C1. The van der Waals surface area contributed by atoms with E-state index >= 15 is 0 Å². The summed E-state index contributed by atoms with van der Waals surface area (Å²) in [4.78, 5) is 6.95. The number of aliphatic hydroxyl groups excluding tert-OH is 1. The number of likely N-dealkylation sites (tertiary alicyclic amines) is 1. The highest BCUT2D eigenvalue weighted by molar-refractivity contribution is 5.80. The number of hydrogen-bond acceptors (Lipinski definition) is 3. The summed E-state index contributed by atoms with van der Waals surface area (Å²) in [5, 5.41) is 16.0. The fourth-order valence-corrected chi connectivity index (χ4v) is 4.39. The Labute approximate surface area is 183 Å². The molecule has 1 heterocycles. The van der Waals surface area contributed by atoms with E-state index in [0.29, 0.717) is 25.5 Å². The molecule has 1 aliphatic heterocycles. The van der Waals surface area contributed by atoms with Crippen molar-refractivity contribution in [3.63, 3.8) is 0 Å². The van der Waals surface area contributed by atoms with Crippen LogP contribution in [0.15, 0.2) is 29.3 Å². The first-order chi connectivity index (χ1) is 14.8. The first-order valence-electron chi connectivity index (χ1n) is 11.4. The Morgan fingerprint density at radius 3 is 2.42 bits per heavy atom. The van der Waals surface area contributed by atoms with E-state index in [1.807, 2.05) is 6.92 Å². The van der Waals surface area contributed by atoms with Gasteiger partial charge in [-0.25, -0.2) is 4.99 Å². The van der Waals surface area contributed by atoms with Crippen molar-refractivity contribution >= 4 is 5.96 Å². The van der Waals surface area contributed by atoms with Crippen LogP contribution in [0.1, 0.15) is 56.6 Å². The topological polar surface area (TPSA) is 59.9 Å². The van der Waals surface area contributed by atoms with Crippen LogP contribution in [0.25, 0.3) is 0 Å². The predicted molar refractivity (Wildman–Crippen MR) is 117 cm³/mol. The second-order valence-corrected chi connectivity index (χ2v) is 8.77. The normalized spacial score (nSPS) is 24.2. The second kappa shape index (κ2) is 11.2. The molecule has 3 rings (SSSR count). The summed E-state index contributed by atoms with van der Waals surface area (Å²) < 4.78 is 39.2. The molecule has 3 N–H and O–H groups in total. The van der Waals surface area contributed by atoms with Crippen LogP contribution in [-0.2, 0) is 13.1 Å². The smallest absolute Gasteiger partial charge is 0.391 e. The number of halogens is 3. The van der Waals surface area contributed by atoms with Crippen LogP contribution in [-0.4, -0.2) is 53.9 Å². The zero-order valence-electron chi connectivity index (χ0n) is 18.3. The number of guanidine groups is 1. The number of alkyl halides is 3. The van der Waals surface area contributed by atoms with Gasteiger partial charge in [0.2, 0.25) is 0 Å². The molecule has 1 saturated heterocycles. The van der Waals surface area contributed by atoms with Gasteiger partial charge < -0.3 is 15.7 Å². The van der Waals surface area contributed by atoms with E-state index in [1.165, 1.54) is 5.56 Å². The van der Waals surface area contributed by atoms with Gasteiger partial charge in [-0.05, 0) is 50.2 Å². The van der Waals surface area contributed by atoms with Crippen molar-refractivity contribution in [1.29, 1.82) is 0 Å². The molecular formula is C23H35F3N4O. The van der Waals surface area contributed by atoms with Crippen molar-refractivity contribution in [2.45, 2.75) is 76.9 Å². The lowest BCUT2D eigenvalue weighted by Crippen LogP contribution is -2.46. The van der Waals surface area contributed by atoms with Crippen molar-refractivity contribution in [3.8, 4) is 0 Å². The Bertz CT molecular complexity index is 700. The van der Waals surface area contributed by atoms with E-state index in [0.717, 1.165) is 44.5 Å². The zero-order chi connectivity index (χ0) is 22.3. The van der Waals surface area contributed by atoms with Gasteiger partial charge in [0.15, 0.2) is 5.96 Å². The summed E-state index contributed by atoms with van der Waals surface area (Å²) in [5.74, 6) is -0.649. The number of nitrogens with one attached hydrogen (secondary N) is 2. The van der Waals surface area contributed by atoms with Crippen LogP contribution in [0.3, 0.4) is 0 Å². The maximum absolute atomic E-state index is 13.1. The average molecular weight is 441 g/mol. The molecule has 0 bridgehead atoms. The van der Waals surface area contributed by atoms with Crippen molar-refractivity contribution < 1.29 is 18.3 Å². The number of nitrogens with zero attached hydrogens (tertiary/aromatic N) is 2. The molecule has 2 aliphatic rings. The van der Waals surface area contributed by atoms with Gasteiger partial charge in [0.05, 0.1) is 18.6 Å². The molecular weight excluding hydrogens is 405 g/mol. The van der Waals surface area contributed by atoms with Gasteiger partial charge in [-0.2, -0.15) is 13.2 Å². The fraction of sp³-hybridized carbons (Fsp3) is 0.696. The highest BCUT2D eigenvalue weighted by Crippen LogP contribution is 2.37. The third kappa shape index (κ3) is 7.68. The number of piperidine rings is 1. The van der Waals surface area contributed by atoms with Crippen molar-refractivity contribution in [2.24, 2.45) is 10.9 Å². The van der Waals surface area contributed by atoms with Crippen LogP contribution in [0.2, 0.25) is 0 Å². The first kappa shape index (κ1) is 23.9. The first-order valence-corrected chi connectivity index (χ1v) is 11.4. The van der Waals surface area contributed by atoms with Crippen molar-refractivity contribution in [2.75, 3.05) is 19.6 Å². The Balaban J connectivity index is 1.52. The fourth-order valence-electron chi connectivity index (χ4n) is 4.39. The lowest BCUT2D eigenvalue weighted by atomic mass is 9.85. The van der Waals surface area contributed by atoms with E-state index < -0.39 is 12.1 Å². The molecule has 2 fully saturated rings. The third-order valence-electron chi connectivity index (χ3n) is 6.23. The molecule has 1 aromatic rings. The second-order valence-electron chi connectivity index (χ2n) is 8.77. The molecule has 174 valence electrons. The third-order valence-corrected chi connectivity index (χ3v) is 6.23. The molecule has 1 saturated carbocycles. The molecule has 2 atom stereocenters. The molecule has 1 aromatic carbocycles.